The molecule has 2 N–H and O–H groups in total. The molecule has 0 amide bonds. The van der Waals surface area contributed by atoms with Crippen molar-refractivity contribution in [3.05, 3.63) is 23.3 Å². The summed E-state index contributed by atoms with van der Waals surface area (Å²) in [5.74, 6) is -0.483. The lowest BCUT2D eigenvalue weighted by Gasteiger charge is -2.55. The van der Waals surface area contributed by atoms with Gasteiger partial charge in [0.05, 0.1) is 12.0 Å². The van der Waals surface area contributed by atoms with Gasteiger partial charge in [-0.15, -0.1) is 0 Å². The van der Waals surface area contributed by atoms with Gasteiger partial charge >= 0.3 is 5.97 Å². The average molecular weight is 389 g/mol. The Hall–Kier alpha value is -1.09. The molecular formula is C25H40O3. The minimum atomic E-state index is -0.770. The number of rotatable bonds is 4. The van der Waals surface area contributed by atoms with Crippen LogP contribution in [0.1, 0.15) is 91.9 Å². The summed E-state index contributed by atoms with van der Waals surface area (Å²) in [4.78, 5) is 11.9. The van der Waals surface area contributed by atoms with E-state index in [0.717, 1.165) is 36.8 Å². The number of carboxylic acids is 1. The van der Waals surface area contributed by atoms with Gasteiger partial charge in [-0.1, -0.05) is 71.4 Å². The van der Waals surface area contributed by atoms with Crippen molar-refractivity contribution in [1.82, 2.24) is 0 Å². The van der Waals surface area contributed by atoms with Crippen LogP contribution in [0.2, 0.25) is 0 Å². The van der Waals surface area contributed by atoms with Crippen molar-refractivity contribution < 1.29 is 15.0 Å². The van der Waals surface area contributed by atoms with Gasteiger partial charge in [-0.05, 0) is 61.0 Å². The molecule has 0 saturated heterocycles. The Morgan fingerprint density at radius 2 is 1.57 bits per heavy atom. The highest BCUT2D eigenvalue weighted by Crippen LogP contribution is 2.58. The normalized spacial score (nSPS) is 31.8. The van der Waals surface area contributed by atoms with E-state index >= 15 is 0 Å². The predicted molar refractivity (Wildman–Crippen MR) is 114 cm³/mol. The third-order valence-electron chi connectivity index (χ3n) is 8.03. The minimum Gasteiger partial charge on any atom is -0.481 e. The highest BCUT2D eigenvalue weighted by Gasteiger charge is 2.54. The second kappa shape index (κ2) is 8.34. The largest absolute Gasteiger partial charge is 0.481 e. The lowest BCUT2D eigenvalue weighted by Crippen LogP contribution is -2.53. The Balaban J connectivity index is 2.13. The molecule has 3 heteroatoms. The third-order valence-corrected chi connectivity index (χ3v) is 8.03. The molecule has 0 spiro atoms. The van der Waals surface area contributed by atoms with E-state index in [1.54, 1.807) is 6.92 Å². The van der Waals surface area contributed by atoms with E-state index in [1.807, 2.05) is 0 Å². The Kier molecular flexibility index (Phi) is 6.44. The number of carbonyl (C=O) groups is 1. The number of carboxylic acid groups (broad SMARTS) is 1. The van der Waals surface area contributed by atoms with Crippen molar-refractivity contribution >= 4 is 5.97 Å². The third kappa shape index (κ3) is 3.84. The van der Waals surface area contributed by atoms with E-state index in [0.29, 0.717) is 11.8 Å². The summed E-state index contributed by atoms with van der Waals surface area (Å²) >= 11 is 0. The first-order chi connectivity index (χ1) is 13.2. The standard InChI is InChI=1S/C25H40O3/c1-17(23(27)28)19-15-21(18-11-7-5-8-12-18)22(26)25(16-19,24(2,3)4)20-13-9-6-10-14-20/h15-18,20,22,26H,5-14H2,1-4H3,(H,27,28). The number of allylic oxidation sites excluding steroid dienone is 1. The molecule has 0 radical (unpaired) electrons. The van der Waals surface area contributed by atoms with Gasteiger partial charge in [0.1, 0.15) is 0 Å². The second-order valence-corrected chi connectivity index (χ2v) is 10.6. The molecule has 3 unspecified atom stereocenters. The zero-order chi connectivity index (χ0) is 20.5. The summed E-state index contributed by atoms with van der Waals surface area (Å²) in [6.45, 7) is 8.53. The van der Waals surface area contributed by atoms with Gasteiger partial charge in [0, 0.05) is 5.41 Å². The van der Waals surface area contributed by atoms with E-state index in [9.17, 15) is 15.0 Å². The molecule has 3 atom stereocenters. The Labute approximate surface area is 171 Å². The van der Waals surface area contributed by atoms with Crippen LogP contribution in [0.4, 0.5) is 0 Å². The van der Waals surface area contributed by atoms with Crippen LogP contribution < -0.4 is 0 Å². The average Bonchev–Trinajstić information content (AvgIpc) is 2.68. The maximum atomic E-state index is 11.9. The van der Waals surface area contributed by atoms with E-state index in [-0.39, 0.29) is 10.8 Å². The quantitative estimate of drug-likeness (QED) is 0.609. The van der Waals surface area contributed by atoms with Crippen molar-refractivity contribution in [3.63, 3.8) is 0 Å². The molecule has 3 aliphatic carbocycles. The Morgan fingerprint density at radius 3 is 2.07 bits per heavy atom. The van der Waals surface area contributed by atoms with Crippen molar-refractivity contribution in [2.75, 3.05) is 0 Å². The van der Waals surface area contributed by atoms with Gasteiger partial charge in [-0.2, -0.15) is 0 Å². The zero-order valence-corrected chi connectivity index (χ0v) is 18.3. The number of hydrogen-bond donors (Lipinski definition) is 2. The van der Waals surface area contributed by atoms with Crippen molar-refractivity contribution in [3.8, 4) is 0 Å². The van der Waals surface area contributed by atoms with Gasteiger partial charge < -0.3 is 10.2 Å². The van der Waals surface area contributed by atoms with Crippen LogP contribution >= 0.6 is 0 Å². The molecule has 0 aliphatic heterocycles. The van der Waals surface area contributed by atoms with Gasteiger partial charge in [-0.25, -0.2) is 0 Å². The van der Waals surface area contributed by atoms with Gasteiger partial charge in [0.2, 0.25) is 0 Å². The lowest BCUT2D eigenvalue weighted by atomic mass is 9.50. The SMILES string of the molecule is CC(C(=O)O)C1=CC(C2CCCCC2)(C(C)(C)C)C(O)C(C2CCCCC2)=C1. The monoisotopic (exact) mass is 388 g/mol. The first-order valence-corrected chi connectivity index (χ1v) is 11.5. The van der Waals surface area contributed by atoms with E-state index in [2.05, 4.69) is 32.9 Å². The molecular weight excluding hydrogens is 348 g/mol. The molecule has 0 aromatic rings. The van der Waals surface area contributed by atoms with Crippen molar-refractivity contribution in [1.29, 1.82) is 0 Å². The summed E-state index contributed by atoms with van der Waals surface area (Å²) < 4.78 is 0. The number of aliphatic carboxylic acids is 1. The van der Waals surface area contributed by atoms with Gasteiger partial charge in [0.15, 0.2) is 0 Å². The molecule has 3 nitrogen and oxygen atoms in total. The Morgan fingerprint density at radius 1 is 1.04 bits per heavy atom. The second-order valence-electron chi connectivity index (χ2n) is 10.6. The molecule has 3 aliphatic rings. The van der Waals surface area contributed by atoms with E-state index < -0.39 is 18.0 Å². The smallest absolute Gasteiger partial charge is 0.310 e. The Bertz CT molecular complexity index is 627. The predicted octanol–water partition coefficient (Wildman–Crippen LogP) is 6.13. The topological polar surface area (TPSA) is 57.5 Å². The maximum Gasteiger partial charge on any atom is 0.310 e. The van der Waals surface area contributed by atoms with Crippen molar-refractivity contribution in [2.24, 2.45) is 28.6 Å². The van der Waals surface area contributed by atoms with Crippen LogP contribution in [0.3, 0.4) is 0 Å². The first-order valence-electron chi connectivity index (χ1n) is 11.5. The highest BCUT2D eigenvalue weighted by molar-refractivity contribution is 5.74. The van der Waals surface area contributed by atoms with Gasteiger partial charge in [0.25, 0.3) is 0 Å². The molecule has 0 bridgehead atoms. The van der Waals surface area contributed by atoms with E-state index in [1.165, 1.54) is 38.5 Å². The van der Waals surface area contributed by atoms with Crippen LogP contribution in [0, 0.1) is 28.6 Å². The van der Waals surface area contributed by atoms with Crippen LogP contribution in [0.5, 0.6) is 0 Å². The van der Waals surface area contributed by atoms with Crippen LogP contribution in [-0.4, -0.2) is 22.3 Å². The molecule has 0 heterocycles. The molecule has 0 aromatic carbocycles. The van der Waals surface area contributed by atoms with Crippen molar-refractivity contribution in [2.45, 2.75) is 98.0 Å². The van der Waals surface area contributed by atoms with E-state index in [4.69, 9.17) is 0 Å². The van der Waals surface area contributed by atoms with Crippen LogP contribution in [0.25, 0.3) is 0 Å². The maximum absolute atomic E-state index is 11.9. The van der Waals surface area contributed by atoms with Gasteiger partial charge in [-0.3, -0.25) is 4.79 Å². The number of aliphatic hydroxyl groups is 1. The minimum absolute atomic E-state index is 0.133. The summed E-state index contributed by atoms with van der Waals surface area (Å²) in [5.41, 5.74) is 1.53. The molecule has 2 saturated carbocycles. The number of aliphatic hydroxyl groups excluding tert-OH is 1. The summed E-state index contributed by atoms with van der Waals surface area (Å²) in [5, 5.41) is 21.6. The molecule has 0 aromatic heterocycles. The molecule has 3 rings (SSSR count). The molecule has 28 heavy (non-hydrogen) atoms. The lowest BCUT2D eigenvalue weighted by molar-refractivity contribution is -0.139. The highest BCUT2D eigenvalue weighted by atomic mass is 16.4. The fourth-order valence-corrected chi connectivity index (χ4v) is 6.27. The first kappa shape index (κ1) is 21.6. The molecule has 158 valence electrons. The zero-order valence-electron chi connectivity index (χ0n) is 18.3. The van der Waals surface area contributed by atoms with Crippen LogP contribution in [-0.2, 0) is 4.79 Å². The summed E-state index contributed by atoms with van der Waals surface area (Å²) in [6, 6.07) is 0. The van der Waals surface area contributed by atoms with Crippen LogP contribution in [0.15, 0.2) is 23.3 Å². The fraction of sp³-hybridized carbons (Fsp3) is 0.800. The summed E-state index contributed by atoms with van der Waals surface area (Å²) in [7, 11) is 0. The summed E-state index contributed by atoms with van der Waals surface area (Å²) in [6.07, 6.45) is 15.7. The number of hydrogen-bond acceptors (Lipinski definition) is 2. The molecule has 2 fully saturated rings. The fourth-order valence-electron chi connectivity index (χ4n) is 6.27.